The first-order valence-electron chi connectivity index (χ1n) is 15.9. The molecule has 3 unspecified atom stereocenters. The molecule has 6 nitrogen and oxygen atoms in total. The summed E-state index contributed by atoms with van der Waals surface area (Å²) in [7, 11) is 0. The van der Waals surface area contributed by atoms with E-state index in [1.807, 2.05) is 0 Å². The van der Waals surface area contributed by atoms with E-state index in [-0.39, 0.29) is 18.3 Å². The first kappa shape index (κ1) is 29.8. The van der Waals surface area contributed by atoms with Gasteiger partial charge < -0.3 is 28.4 Å². The molecule has 0 spiro atoms. The van der Waals surface area contributed by atoms with E-state index in [9.17, 15) is 0 Å². The van der Waals surface area contributed by atoms with Crippen LogP contribution in [0.1, 0.15) is 33.4 Å². The fraction of sp³-hybridized carbons (Fsp3) is 0.385. The van der Waals surface area contributed by atoms with Crippen LogP contribution in [0.15, 0.2) is 54.6 Å². The Morgan fingerprint density at radius 1 is 0.422 bits per heavy atom. The molecule has 0 saturated carbocycles. The van der Waals surface area contributed by atoms with E-state index in [0.717, 1.165) is 37.1 Å². The van der Waals surface area contributed by atoms with Gasteiger partial charge >= 0.3 is 0 Å². The maximum Gasteiger partial charge on any atom is 0.120 e. The van der Waals surface area contributed by atoms with Gasteiger partial charge in [-0.15, -0.1) is 0 Å². The molecule has 3 atom stereocenters. The van der Waals surface area contributed by atoms with Gasteiger partial charge in [0.1, 0.15) is 55.4 Å². The highest BCUT2D eigenvalue weighted by Crippen LogP contribution is 2.41. The SMILES string of the molecule is Cc1cc(OCC2CO2)cc(C)c1-c1cc(-c2c(C)cc(OCC3CO3)cc2C)cc(-c2c(C)cc(OCC3CO3)cc2C)c1. The average Bonchev–Trinajstić information content (AvgIpc) is 3.83. The highest BCUT2D eigenvalue weighted by atomic mass is 16.6. The normalized spacial score (nSPS) is 19.7. The minimum atomic E-state index is 0.222. The van der Waals surface area contributed by atoms with Crippen molar-refractivity contribution in [2.75, 3.05) is 39.6 Å². The predicted molar refractivity (Wildman–Crippen MR) is 177 cm³/mol. The lowest BCUT2D eigenvalue weighted by Crippen LogP contribution is -2.05. The molecule has 45 heavy (non-hydrogen) atoms. The zero-order valence-corrected chi connectivity index (χ0v) is 27.1. The molecule has 3 fully saturated rings. The van der Waals surface area contributed by atoms with Gasteiger partial charge in [0.2, 0.25) is 0 Å². The number of aryl methyl sites for hydroxylation is 6. The number of rotatable bonds is 12. The molecule has 3 aliphatic rings. The molecule has 0 aromatic heterocycles. The van der Waals surface area contributed by atoms with Gasteiger partial charge in [0, 0.05) is 0 Å². The molecule has 0 aliphatic carbocycles. The van der Waals surface area contributed by atoms with Crippen LogP contribution in [-0.4, -0.2) is 58.0 Å². The second-order valence-corrected chi connectivity index (χ2v) is 12.9. The number of hydrogen-bond donors (Lipinski definition) is 0. The van der Waals surface area contributed by atoms with Crippen molar-refractivity contribution in [3.8, 4) is 50.6 Å². The van der Waals surface area contributed by atoms with Gasteiger partial charge in [0.15, 0.2) is 0 Å². The molecule has 0 N–H and O–H groups in total. The van der Waals surface area contributed by atoms with Crippen molar-refractivity contribution in [3.63, 3.8) is 0 Å². The first-order valence-corrected chi connectivity index (χ1v) is 15.9. The topological polar surface area (TPSA) is 65.3 Å². The van der Waals surface area contributed by atoms with Crippen LogP contribution in [-0.2, 0) is 14.2 Å². The van der Waals surface area contributed by atoms with E-state index in [1.54, 1.807) is 0 Å². The van der Waals surface area contributed by atoms with E-state index in [1.165, 1.54) is 66.8 Å². The quantitative estimate of drug-likeness (QED) is 0.153. The molecule has 0 radical (unpaired) electrons. The van der Waals surface area contributed by atoms with Crippen molar-refractivity contribution in [1.29, 1.82) is 0 Å². The lowest BCUT2D eigenvalue weighted by Gasteiger charge is -2.20. The third-order valence-corrected chi connectivity index (χ3v) is 8.83. The summed E-state index contributed by atoms with van der Waals surface area (Å²) < 4.78 is 34.2. The van der Waals surface area contributed by atoms with Crippen molar-refractivity contribution in [1.82, 2.24) is 0 Å². The average molecular weight is 607 g/mol. The molecule has 0 bridgehead atoms. The Morgan fingerprint density at radius 2 is 0.644 bits per heavy atom. The van der Waals surface area contributed by atoms with E-state index >= 15 is 0 Å². The highest BCUT2D eigenvalue weighted by molar-refractivity contribution is 5.87. The summed E-state index contributed by atoms with van der Waals surface area (Å²) in [6.07, 6.45) is 0.667. The first-order chi connectivity index (χ1) is 21.7. The lowest BCUT2D eigenvalue weighted by molar-refractivity contribution is 0.263. The maximum absolute atomic E-state index is 6.07. The van der Waals surface area contributed by atoms with Gasteiger partial charge in [-0.25, -0.2) is 0 Å². The third kappa shape index (κ3) is 6.89. The summed E-state index contributed by atoms with van der Waals surface area (Å²) in [5.74, 6) is 2.66. The Labute approximate surface area is 266 Å². The van der Waals surface area contributed by atoms with Gasteiger partial charge in [0.25, 0.3) is 0 Å². The van der Waals surface area contributed by atoms with Gasteiger partial charge in [-0.2, -0.15) is 0 Å². The van der Waals surface area contributed by atoms with Crippen molar-refractivity contribution < 1.29 is 28.4 Å². The fourth-order valence-corrected chi connectivity index (χ4v) is 6.51. The summed E-state index contributed by atoms with van der Waals surface area (Å²) in [5, 5.41) is 0. The Hall–Kier alpha value is -3.84. The number of hydrogen-bond acceptors (Lipinski definition) is 6. The van der Waals surface area contributed by atoms with Crippen molar-refractivity contribution in [3.05, 3.63) is 88.0 Å². The van der Waals surface area contributed by atoms with Crippen molar-refractivity contribution in [2.45, 2.75) is 59.9 Å². The van der Waals surface area contributed by atoms with E-state index in [2.05, 4.69) is 96.1 Å². The standard InChI is InChI=1S/C39H42O6/c1-22-7-31(40-16-34-19-43-34)8-23(2)37(22)28-13-29(38-24(3)9-32(10-25(38)4)41-17-35-20-44-35)15-30(14-28)39-26(5)11-33(12-27(39)6)42-18-36-21-45-36/h7-15,34-36H,16-21H2,1-6H3. The Balaban J connectivity index is 1.31. The summed E-state index contributed by atoms with van der Waals surface area (Å²) in [5.41, 5.74) is 14.3. The smallest absolute Gasteiger partial charge is 0.120 e. The molecular formula is C39H42O6. The summed E-state index contributed by atoms with van der Waals surface area (Å²) in [6, 6.07) is 19.9. The van der Waals surface area contributed by atoms with Gasteiger partial charge in [-0.3, -0.25) is 0 Å². The minimum absolute atomic E-state index is 0.222. The Kier molecular flexibility index (Phi) is 8.07. The van der Waals surface area contributed by atoms with Crippen LogP contribution in [0.25, 0.3) is 33.4 Å². The van der Waals surface area contributed by atoms with Crippen LogP contribution in [0.5, 0.6) is 17.2 Å². The molecule has 3 aliphatic heterocycles. The highest BCUT2D eigenvalue weighted by Gasteiger charge is 2.25. The summed E-state index contributed by atoms with van der Waals surface area (Å²) in [4.78, 5) is 0. The van der Waals surface area contributed by atoms with E-state index in [4.69, 9.17) is 28.4 Å². The second kappa shape index (κ2) is 12.2. The monoisotopic (exact) mass is 606 g/mol. The molecule has 3 saturated heterocycles. The molecule has 7 rings (SSSR count). The van der Waals surface area contributed by atoms with Crippen LogP contribution < -0.4 is 14.2 Å². The van der Waals surface area contributed by atoms with Crippen LogP contribution in [0, 0.1) is 41.5 Å². The van der Waals surface area contributed by atoms with Crippen LogP contribution in [0.4, 0.5) is 0 Å². The van der Waals surface area contributed by atoms with E-state index < -0.39 is 0 Å². The Bertz CT molecular complexity index is 1460. The summed E-state index contributed by atoms with van der Waals surface area (Å²) in [6.45, 7) is 17.2. The van der Waals surface area contributed by atoms with Crippen molar-refractivity contribution >= 4 is 0 Å². The molecule has 6 heteroatoms. The molecule has 4 aromatic carbocycles. The van der Waals surface area contributed by atoms with Gasteiger partial charge in [-0.1, -0.05) is 0 Å². The number of benzene rings is 4. The zero-order chi connectivity index (χ0) is 31.2. The van der Waals surface area contributed by atoms with Gasteiger partial charge in [0.05, 0.1) is 19.8 Å². The number of ether oxygens (including phenoxy) is 6. The molecule has 0 amide bonds. The zero-order valence-electron chi connectivity index (χ0n) is 27.1. The Morgan fingerprint density at radius 3 is 0.844 bits per heavy atom. The van der Waals surface area contributed by atoms with Gasteiger partial charge in [-0.05, 0) is 163 Å². The largest absolute Gasteiger partial charge is 0.491 e. The predicted octanol–water partition coefficient (Wildman–Crippen LogP) is 7.87. The second-order valence-electron chi connectivity index (χ2n) is 12.9. The number of epoxide rings is 3. The van der Waals surface area contributed by atoms with Crippen LogP contribution in [0.3, 0.4) is 0 Å². The molecule has 234 valence electrons. The molecule has 3 heterocycles. The van der Waals surface area contributed by atoms with Crippen LogP contribution in [0.2, 0.25) is 0 Å². The molecule has 4 aromatic rings. The van der Waals surface area contributed by atoms with Crippen LogP contribution >= 0.6 is 0 Å². The summed E-state index contributed by atoms with van der Waals surface area (Å²) >= 11 is 0. The lowest BCUT2D eigenvalue weighted by atomic mass is 9.86. The fourth-order valence-electron chi connectivity index (χ4n) is 6.51. The minimum Gasteiger partial charge on any atom is -0.491 e. The third-order valence-electron chi connectivity index (χ3n) is 8.83. The van der Waals surface area contributed by atoms with E-state index in [0.29, 0.717) is 19.8 Å². The maximum atomic E-state index is 6.07. The van der Waals surface area contributed by atoms with Crippen molar-refractivity contribution in [2.24, 2.45) is 0 Å². The molecular weight excluding hydrogens is 564 g/mol.